The van der Waals surface area contributed by atoms with Crippen molar-refractivity contribution in [2.75, 3.05) is 25.1 Å². The number of ether oxygens (including phenoxy) is 2. The average Bonchev–Trinajstić information content (AvgIpc) is 3.39. The minimum atomic E-state index is 0.411. The predicted molar refractivity (Wildman–Crippen MR) is 113 cm³/mol. The summed E-state index contributed by atoms with van der Waals surface area (Å²) in [6, 6.07) is 9.64. The summed E-state index contributed by atoms with van der Waals surface area (Å²) in [6.07, 6.45) is 5.01. The molecule has 0 spiro atoms. The van der Waals surface area contributed by atoms with Crippen LogP contribution in [0.2, 0.25) is 0 Å². The summed E-state index contributed by atoms with van der Waals surface area (Å²) in [7, 11) is 0. The summed E-state index contributed by atoms with van der Waals surface area (Å²) in [5, 5.41) is 14.8. The van der Waals surface area contributed by atoms with Crippen molar-refractivity contribution in [3.63, 3.8) is 0 Å². The SMILES string of the molecule is CCn1cnnc1CN=C(NCCc1ccco1)Nc1ccc2c(c1)OCCCO2. The zero-order chi connectivity index (χ0) is 20.6. The third-order valence-corrected chi connectivity index (χ3v) is 4.67. The molecule has 1 aliphatic rings. The van der Waals surface area contributed by atoms with Gasteiger partial charge >= 0.3 is 0 Å². The van der Waals surface area contributed by atoms with Crippen LogP contribution in [0.5, 0.6) is 11.5 Å². The molecule has 2 N–H and O–H groups in total. The lowest BCUT2D eigenvalue weighted by atomic mass is 10.2. The van der Waals surface area contributed by atoms with E-state index in [1.807, 2.05) is 34.9 Å². The van der Waals surface area contributed by atoms with Gasteiger partial charge in [-0.2, -0.15) is 0 Å². The molecule has 0 radical (unpaired) electrons. The number of anilines is 1. The van der Waals surface area contributed by atoms with E-state index < -0.39 is 0 Å². The van der Waals surface area contributed by atoms with Gasteiger partial charge in [-0.15, -0.1) is 10.2 Å². The zero-order valence-corrected chi connectivity index (χ0v) is 17.0. The van der Waals surface area contributed by atoms with Crippen molar-refractivity contribution in [3.8, 4) is 11.5 Å². The molecule has 1 aromatic carbocycles. The van der Waals surface area contributed by atoms with Gasteiger partial charge in [-0.05, 0) is 31.2 Å². The number of aliphatic imine (C=N–C) groups is 1. The van der Waals surface area contributed by atoms with Gasteiger partial charge in [0.05, 0.1) is 19.5 Å². The van der Waals surface area contributed by atoms with Gasteiger partial charge in [0, 0.05) is 37.7 Å². The fourth-order valence-electron chi connectivity index (χ4n) is 3.09. The van der Waals surface area contributed by atoms with E-state index in [1.54, 1.807) is 12.6 Å². The maximum atomic E-state index is 5.79. The average molecular weight is 410 g/mol. The molecule has 0 atom stereocenters. The second kappa shape index (κ2) is 9.82. The summed E-state index contributed by atoms with van der Waals surface area (Å²) in [5.41, 5.74) is 0.862. The molecule has 0 bridgehead atoms. The molecule has 0 aliphatic carbocycles. The Morgan fingerprint density at radius 2 is 2.10 bits per heavy atom. The minimum absolute atomic E-state index is 0.411. The Hall–Kier alpha value is -3.49. The molecular weight excluding hydrogens is 384 g/mol. The first kappa shape index (κ1) is 19.8. The second-order valence-electron chi connectivity index (χ2n) is 6.79. The van der Waals surface area contributed by atoms with Crippen LogP contribution in [0.1, 0.15) is 24.9 Å². The van der Waals surface area contributed by atoms with E-state index in [1.165, 1.54) is 0 Å². The fourth-order valence-corrected chi connectivity index (χ4v) is 3.09. The third-order valence-electron chi connectivity index (χ3n) is 4.67. The van der Waals surface area contributed by atoms with Gasteiger partial charge in [-0.1, -0.05) is 0 Å². The van der Waals surface area contributed by atoms with Crippen molar-refractivity contribution >= 4 is 11.6 Å². The van der Waals surface area contributed by atoms with Crippen LogP contribution in [0.25, 0.3) is 0 Å². The number of nitrogens with one attached hydrogen (secondary N) is 2. The first-order valence-electron chi connectivity index (χ1n) is 10.2. The Morgan fingerprint density at radius 3 is 2.93 bits per heavy atom. The first-order chi connectivity index (χ1) is 14.8. The standard InChI is InChI=1S/C21H26N6O3/c1-2-27-15-24-26-20(27)14-23-21(22-9-8-17-5-3-10-28-17)25-16-6-7-18-19(13-16)30-12-4-11-29-18/h3,5-7,10,13,15H,2,4,8-9,11-12,14H2,1H3,(H2,22,23,25). The van der Waals surface area contributed by atoms with Gasteiger partial charge in [0.1, 0.15) is 18.6 Å². The lowest BCUT2D eigenvalue weighted by Crippen LogP contribution is -2.32. The minimum Gasteiger partial charge on any atom is -0.490 e. The van der Waals surface area contributed by atoms with Crippen LogP contribution >= 0.6 is 0 Å². The fraction of sp³-hybridized carbons (Fsp3) is 0.381. The quantitative estimate of drug-likeness (QED) is 0.456. The van der Waals surface area contributed by atoms with Gasteiger partial charge < -0.3 is 29.1 Å². The maximum Gasteiger partial charge on any atom is 0.196 e. The van der Waals surface area contributed by atoms with Crippen molar-refractivity contribution in [2.24, 2.45) is 4.99 Å². The monoisotopic (exact) mass is 410 g/mol. The Balaban J connectivity index is 1.47. The maximum absolute atomic E-state index is 5.79. The van der Waals surface area contributed by atoms with Crippen LogP contribution < -0.4 is 20.1 Å². The summed E-state index contributed by atoms with van der Waals surface area (Å²) >= 11 is 0. The van der Waals surface area contributed by atoms with Crippen molar-refractivity contribution in [3.05, 3.63) is 54.5 Å². The van der Waals surface area contributed by atoms with Gasteiger partial charge in [-0.3, -0.25) is 0 Å². The normalized spacial score (nSPS) is 13.7. The van der Waals surface area contributed by atoms with Crippen LogP contribution in [-0.4, -0.2) is 40.5 Å². The summed E-state index contributed by atoms with van der Waals surface area (Å²) < 4.78 is 18.9. The molecule has 3 aromatic rings. The van der Waals surface area contributed by atoms with E-state index >= 15 is 0 Å². The summed E-state index contributed by atoms with van der Waals surface area (Å²) in [5.74, 6) is 3.87. The number of hydrogen-bond acceptors (Lipinski definition) is 6. The molecular formula is C21H26N6O3. The molecule has 158 valence electrons. The highest BCUT2D eigenvalue weighted by Gasteiger charge is 2.12. The Kier molecular flexibility index (Phi) is 6.48. The van der Waals surface area contributed by atoms with Gasteiger partial charge in [0.25, 0.3) is 0 Å². The van der Waals surface area contributed by atoms with Crippen LogP contribution in [0, 0.1) is 0 Å². The van der Waals surface area contributed by atoms with Gasteiger partial charge in [-0.25, -0.2) is 4.99 Å². The van der Waals surface area contributed by atoms with Crippen LogP contribution in [-0.2, 0) is 19.5 Å². The Labute approximate surface area is 175 Å². The topological polar surface area (TPSA) is 98.7 Å². The van der Waals surface area contributed by atoms with E-state index in [4.69, 9.17) is 13.9 Å². The number of aryl methyl sites for hydroxylation is 1. The van der Waals surface area contributed by atoms with E-state index in [9.17, 15) is 0 Å². The van der Waals surface area contributed by atoms with Gasteiger partial charge in [0.2, 0.25) is 0 Å². The highest BCUT2D eigenvalue weighted by molar-refractivity contribution is 5.93. The van der Waals surface area contributed by atoms with E-state index in [2.05, 4.69) is 32.7 Å². The molecule has 0 unspecified atom stereocenters. The molecule has 4 rings (SSSR count). The molecule has 3 heterocycles. The number of aromatic nitrogens is 3. The molecule has 9 heteroatoms. The van der Waals surface area contributed by atoms with Crippen LogP contribution in [0.3, 0.4) is 0 Å². The molecule has 9 nitrogen and oxygen atoms in total. The number of fused-ring (bicyclic) bond motifs is 1. The summed E-state index contributed by atoms with van der Waals surface area (Å²) in [4.78, 5) is 4.69. The number of rotatable bonds is 7. The number of benzene rings is 1. The van der Waals surface area contributed by atoms with Gasteiger partial charge in [0.15, 0.2) is 23.3 Å². The highest BCUT2D eigenvalue weighted by atomic mass is 16.5. The molecule has 2 aromatic heterocycles. The van der Waals surface area contributed by atoms with E-state index in [0.29, 0.717) is 32.3 Å². The number of furan rings is 1. The molecule has 0 saturated heterocycles. The Bertz CT molecular complexity index is 967. The van der Waals surface area contributed by atoms with Crippen molar-refractivity contribution in [1.29, 1.82) is 0 Å². The molecule has 30 heavy (non-hydrogen) atoms. The lowest BCUT2D eigenvalue weighted by Gasteiger charge is -2.14. The number of guanidine groups is 1. The molecule has 0 amide bonds. The summed E-state index contributed by atoms with van der Waals surface area (Å²) in [6.45, 7) is 5.24. The smallest absolute Gasteiger partial charge is 0.196 e. The molecule has 1 aliphatic heterocycles. The van der Waals surface area contributed by atoms with Crippen LogP contribution in [0.15, 0.2) is 52.3 Å². The van der Waals surface area contributed by atoms with Crippen molar-refractivity contribution in [2.45, 2.75) is 32.9 Å². The van der Waals surface area contributed by atoms with E-state index in [-0.39, 0.29) is 0 Å². The lowest BCUT2D eigenvalue weighted by molar-refractivity contribution is 0.297. The largest absolute Gasteiger partial charge is 0.490 e. The van der Waals surface area contributed by atoms with Crippen molar-refractivity contribution < 1.29 is 13.9 Å². The molecule has 0 saturated carbocycles. The number of nitrogens with zero attached hydrogens (tertiary/aromatic N) is 4. The van der Waals surface area contributed by atoms with Crippen LogP contribution in [0.4, 0.5) is 5.69 Å². The van der Waals surface area contributed by atoms with E-state index in [0.717, 1.165) is 48.2 Å². The van der Waals surface area contributed by atoms with Crippen molar-refractivity contribution in [1.82, 2.24) is 20.1 Å². The third kappa shape index (κ3) is 5.11. The predicted octanol–water partition coefficient (Wildman–Crippen LogP) is 2.85. The highest BCUT2D eigenvalue weighted by Crippen LogP contribution is 2.32. The first-order valence-corrected chi connectivity index (χ1v) is 10.2. The molecule has 0 fully saturated rings. The Morgan fingerprint density at radius 1 is 1.20 bits per heavy atom. The zero-order valence-electron chi connectivity index (χ0n) is 17.0. The second-order valence-corrected chi connectivity index (χ2v) is 6.79. The number of hydrogen-bond donors (Lipinski definition) is 2.